The number of carboxylic acids is 1. The maximum atomic E-state index is 12.4. The van der Waals surface area contributed by atoms with Crippen LogP contribution in [0.3, 0.4) is 0 Å². The minimum atomic E-state index is -0.880. The molecule has 2 amide bonds. The zero-order valence-corrected chi connectivity index (χ0v) is 12.4. The smallest absolute Gasteiger partial charge is 0.326 e. The zero-order valence-electron chi connectivity index (χ0n) is 12.4. The number of nitrogens with zero attached hydrogens (tertiary/aromatic N) is 3. The van der Waals surface area contributed by atoms with Gasteiger partial charge in [-0.05, 0) is 18.8 Å². The van der Waals surface area contributed by atoms with Gasteiger partial charge in [-0.25, -0.2) is 9.59 Å². The predicted molar refractivity (Wildman–Crippen MR) is 75.6 cm³/mol. The van der Waals surface area contributed by atoms with Crippen molar-refractivity contribution in [1.82, 2.24) is 14.7 Å². The van der Waals surface area contributed by atoms with Crippen molar-refractivity contribution >= 4 is 12.0 Å². The third-order valence-electron chi connectivity index (χ3n) is 4.05. The normalized spacial score (nSPS) is 24.4. The quantitative estimate of drug-likeness (QED) is 0.837. The minimum absolute atomic E-state index is 0.0981. The summed E-state index contributed by atoms with van der Waals surface area (Å²) < 4.78 is 0. The van der Waals surface area contributed by atoms with Crippen LogP contribution < -0.4 is 0 Å². The van der Waals surface area contributed by atoms with Crippen molar-refractivity contribution in [1.29, 1.82) is 0 Å². The molecule has 2 heterocycles. The number of hydrogen-bond donors (Lipinski definition) is 1. The number of amides is 2. The van der Waals surface area contributed by atoms with Crippen LogP contribution in [-0.4, -0.2) is 77.1 Å². The summed E-state index contributed by atoms with van der Waals surface area (Å²) in [6.45, 7) is 9.19. The highest BCUT2D eigenvalue weighted by Gasteiger charge is 2.36. The van der Waals surface area contributed by atoms with E-state index in [-0.39, 0.29) is 6.03 Å². The lowest BCUT2D eigenvalue weighted by atomic mass is 10.2. The van der Waals surface area contributed by atoms with Crippen LogP contribution >= 0.6 is 0 Å². The van der Waals surface area contributed by atoms with Gasteiger partial charge in [0.05, 0.1) is 0 Å². The average molecular weight is 283 g/mol. The molecule has 0 aromatic carbocycles. The van der Waals surface area contributed by atoms with Gasteiger partial charge in [0.1, 0.15) is 6.04 Å². The van der Waals surface area contributed by atoms with Gasteiger partial charge in [0.25, 0.3) is 0 Å². The number of carbonyl (C=O) groups excluding carboxylic acids is 1. The molecule has 0 aromatic heterocycles. The lowest BCUT2D eigenvalue weighted by Gasteiger charge is -2.38. The number of rotatable bonds is 3. The monoisotopic (exact) mass is 283 g/mol. The Morgan fingerprint density at radius 1 is 1.15 bits per heavy atom. The molecule has 20 heavy (non-hydrogen) atoms. The molecule has 2 aliphatic heterocycles. The van der Waals surface area contributed by atoms with Gasteiger partial charge in [0.2, 0.25) is 0 Å². The van der Waals surface area contributed by atoms with Crippen LogP contribution in [0, 0.1) is 5.92 Å². The van der Waals surface area contributed by atoms with Gasteiger partial charge in [-0.3, -0.25) is 4.90 Å². The number of aliphatic carboxylic acids is 1. The average Bonchev–Trinajstić information content (AvgIpc) is 2.87. The molecule has 6 nitrogen and oxygen atoms in total. The van der Waals surface area contributed by atoms with E-state index in [0.29, 0.717) is 32.0 Å². The summed E-state index contributed by atoms with van der Waals surface area (Å²) in [5, 5.41) is 9.15. The molecule has 0 saturated carbocycles. The van der Waals surface area contributed by atoms with Crippen LogP contribution in [0.4, 0.5) is 4.79 Å². The zero-order chi connectivity index (χ0) is 14.7. The van der Waals surface area contributed by atoms with E-state index < -0.39 is 12.0 Å². The highest BCUT2D eigenvalue weighted by atomic mass is 16.4. The van der Waals surface area contributed by atoms with Crippen molar-refractivity contribution in [2.24, 2.45) is 5.92 Å². The summed E-state index contributed by atoms with van der Waals surface area (Å²) >= 11 is 0. The van der Waals surface area contributed by atoms with Crippen molar-refractivity contribution in [2.75, 3.05) is 39.3 Å². The molecule has 2 saturated heterocycles. The van der Waals surface area contributed by atoms with Crippen LogP contribution in [0.2, 0.25) is 0 Å². The number of likely N-dealkylation sites (tertiary alicyclic amines) is 1. The molecule has 2 rings (SSSR count). The third-order valence-corrected chi connectivity index (χ3v) is 4.05. The molecule has 6 heteroatoms. The summed E-state index contributed by atoms with van der Waals surface area (Å²) in [6.07, 6.45) is 1.37. The molecule has 2 fully saturated rings. The summed E-state index contributed by atoms with van der Waals surface area (Å²) in [5.74, 6) is -0.249. The lowest BCUT2D eigenvalue weighted by molar-refractivity contribution is -0.141. The topological polar surface area (TPSA) is 64.1 Å². The van der Waals surface area contributed by atoms with Crippen molar-refractivity contribution in [3.63, 3.8) is 0 Å². The standard InChI is InChI=1S/C14H25N3O3/c1-11(2)10-15-6-8-16(9-7-15)14(20)17-5-3-4-12(17)13(18)19/h11-12H,3-10H2,1-2H3,(H,18,19). The SMILES string of the molecule is CC(C)CN1CCN(C(=O)N2CCCC2C(=O)O)CC1. The second-order valence-corrected chi connectivity index (χ2v) is 6.15. The van der Waals surface area contributed by atoms with E-state index in [1.54, 1.807) is 4.90 Å². The molecule has 0 bridgehead atoms. The highest BCUT2D eigenvalue weighted by molar-refractivity contribution is 5.83. The number of carbonyl (C=O) groups is 2. The molecule has 1 atom stereocenters. The van der Waals surface area contributed by atoms with Crippen molar-refractivity contribution in [3.05, 3.63) is 0 Å². The number of hydrogen-bond acceptors (Lipinski definition) is 3. The molecule has 0 aliphatic carbocycles. The van der Waals surface area contributed by atoms with Crippen molar-refractivity contribution in [2.45, 2.75) is 32.7 Å². The molecule has 0 aromatic rings. The van der Waals surface area contributed by atoms with E-state index in [9.17, 15) is 9.59 Å². The van der Waals surface area contributed by atoms with Gasteiger partial charge >= 0.3 is 12.0 Å². The van der Waals surface area contributed by atoms with E-state index in [4.69, 9.17) is 5.11 Å². The minimum Gasteiger partial charge on any atom is -0.480 e. The Labute approximate surface area is 120 Å². The molecule has 2 aliphatic rings. The largest absolute Gasteiger partial charge is 0.480 e. The van der Waals surface area contributed by atoms with Gasteiger partial charge in [0, 0.05) is 39.3 Å². The number of piperazine rings is 1. The van der Waals surface area contributed by atoms with Crippen LogP contribution in [0.15, 0.2) is 0 Å². The fraction of sp³-hybridized carbons (Fsp3) is 0.857. The summed E-state index contributed by atoms with van der Waals surface area (Å²) in [4.78, 5) is 29.3. The number of carboxylic acid groups (broad SMARTS) is 1. The van der Waals surface area contributed by atoms with Crippen LogP contribution in [-0.2, 0) is 4.79 Å². The van der Waals surface area contributed by atoms with Gasteiger partial charge in [-0.15, -0.1) is 0 Å². The molecule has 0 radical (unpaired) electrons. The van der Waals surface area contributed by atoms with Crippen LogP contribution in [0.5, 0.6) is 0 Å². The Morgan fingerprint density at radius 3 is 2.35 bits per heavy atom. The first kappa shape index (κ1) is 15.1. The Bertz CT molecular complexity index is 365. The van der Waals surface area contributed by atoms with E-state index in [0.717, 1.165) is 26.1 Å². The van der Waals surface area contributed by atoms with E-state index in [2.05, 4.69) is 18.7 Å². The van der Waals surface area contributed by atoms with E-state index in [1.165, 1.54) is 4.90 Å². The third kappa shape index (κ3) is 3.42. The summed E-state index contributed by atoms with van der Waals surface area (Å²) in [6, 6.07) is -0.727. The maximum absolute atomic E-state index is 12.4. The predicted octanol–water partition coefficient (Wildman–Crippen LogP) is 0.929. The Morgan fingerprint density at radius 2 is 1.80 bits per heavy atom. The molecule has 114 valence electrons. The fourth-order valence-electron chi connectivity index (χ4n) is 3.07. The van der Waals surface area contributed by atoms with Crippen molar-refractivity contribution in [3.8, 4) is 0 Å². The first-order valence-corrected chi connectivity index (χ1v) is 7.49. The fourth-order valence-corrected chi connectivity index (χ4v) is 3.07. The van der Waals surface area contributed by atoms with Gasteiger partial charge in [-0.1, -0.05) is 13.8 Å². The van der Waals surface area contributed by atoms with E-state index in [1.807, 2.05) is 0 Å². The molecule has 1 unspecified atom stereocenters. The van der Waals surface area contributed by atoms with Gasteiger partial charge in [0.15, 0.2) is 0 Å². The van der Waals surface area contributed by atoms with Gasteiger partial charge in [-0.2, -0.15) is 0 Å². The Kier molecular flexibility index (Phi) is 4.86. The molecule has 0 spiro atoms. The Hall–Kier alpha value is -1.30. The van der Waals surface area contributed by atoms with Crippen LogP contribution in [0.25, 0.3) is 0 Å². The molecular formula is C14H25N3O3. The summed E-state index contributed by atoms with van der Waals surface area (Å²) in [7, 11) is 0. The molecule has 1 N–H and O–H groups in total. The van der Waals surface area contributed by atoms with E-state index >= 15 is 0 Å². The highest BCUT2D eigenvalue weighted by Crippen LogP contribution is 2.20. The summed E-state index contributed by atoms with van der Waals surface area (Å²) in [5.41, 5.74) is 0. The molecular weight excluding hydrogens is 258 g/mol. The van der Waals surface area contributed by atoms with Crippen molar-refractivity contribution < 1.29 is 14.7 Å². The van der Waals surface area contributed by atoms with Gasteiger partial charge < -0.3 is 14.9 Å². The second-order valence-electron chi connectivity index (χ2n) is 6.15. The lowest BCUT2D eigenvalue weighted by Crippen LogP contribution is -2.55. The van der Waals surface area contributed by atoms with Crippen LogP contribution in [0.1, 0.15) is 26.7 Å². The Balaban J connectivity index is 1.87. The maximum Gasteiger partial charge on any atom is 0.326 e. The first-order valence-electron chi connectivity index (χ1n) is 7.49. The number of urea groups is 1. The second kappa shape index (κ2) is 6.43. The first-order chi connectivity index (χ1) is 9.49.